The highest BCUT2D eigenvalue weighted by atomic mass is 16.2. The zero-order valence-corrected chi connectivity index (χ0v) is 15.6. The molecule has 0 aliphatic heterocycles. The summed E-state index contributed by atoms with van der Waals surface area (Å²) in [7, 11) is 0. The van der Waals surface area contributed by atoms with E-state index in [1.807, 2.05) is 60.8 Å². The molecule has 2 atom stereocenters. The third kappa shape index (κ3) is 5.43. The van der Waals surface area contributed by atoms with Crippen molar-refractivity contribution in [1.29, 1.82) is 0 Å². The molecule has 0 spiro atoms. The average molecular weight is 354 g/mol. The van der Waals surface area contributed by atoms with E-state index < -0.39 is 12.1 Å². The van der Waals surface area contributed by atoms with Crippen LogP contribution in [0.4, 0.5) is 4.79 Å². The Balaban J connectivity index is 2.28. The summed E-state index contributed by atoms with van der Waals surface area (Å²) >= 11 is 0. The Labute approximate surface area is 155 Å². The number of nitrogens with two attached hydrogens (primary N) is 1. The number of hydrogen-bond donors (Lipinski definition) is 3. The van der Waals surface area contributed by atoms with Crippen molar-refractivity contribution in [3.8, 4) is 0 Å². The molecule has 5 heteroatoms. The SMILES string of the molecule is CCNC(=O)NC(=O)[C@@H]([NH2+][C@@H](c1ccccc1)C(C)C)c1ccccc1. The van der Waals surface area contributed by atoms with Crippen molar-refractivity contribution in [2.75, 3.05) is 6.54 Å². The molecule has 0 radical (unpaired) electrons. The van der Waals surface area contributed by atoms with Crippen LogP contribution in [0.5, 0.6) is 0 Å². The molecule has 0 aromatic heterocycles. The van der Waals surface area contributed by atoms with Gasteiger partial charge in [0, 0.05) is 23.6 Å². The first kappa shape index (κ1) is 19.7. The van der Waals surface area contributed by atoms with Gasteiger partial charge in [-0.15, -0.1) is 0 Å². The van der Waals surface area contributed by atoms with Crippen LogP contribution in [0, 0.1) is 5.92 Å². The third-order valence-corrected chi connectivity index (χ3v) is 4.32. The summed E-state index contributed by atoms with van der Waals surface area (Å²) in [6, 6.07) is 18.8. The molecule has 2 rings (SSSR count). The molecule has 0 bridgehead atoms. The van der Waals surface area contributed by atoms with Crippen molar-refractivity contribution in [2.24, 2.45) is 5.92 Å². The average Bonchev–Trinajstić information content (AvgIpc) is 2.63. The molecular weight excluding hydrogens is 326 g/mol. The number of carbonyl (C=O) groups is 2. The van der Waals surface area contributed by atoms with Crippen LogP contribution >= 0.6 is 0 Å². The largest absolute Gasteiger partial charge is 0.338 e. The van der Waals surface area contributed by atoms with Gasteiger partial charge in [0.2, 0.25) is 0 Å². The van der Waals surface area contributed by atoms with E-state index in [1.54, 1.807) is 0 Å². The lowest BCUT2D eigenvalue weighted by molar-refractivity contribution is -0.728. The lowest BCUT2D eigenvalue weighted by Gasteiger charge is -2.25. The van der Waals surface area contributed by atoms with Gasteiger partial charge in [0.05, 0.1) is 0 Å². The van der Waals surface area contributed by atoms with Gasteiger partial charge >= 0.3 is 6.03 Å². The van der Waals surface area contributed by atoms with Gasteiger partial charge in [-0.25, -0.2) is 4.79 Å². The highest BCUT2D eigenvalue weighted by Crippen LogP contribution is 2.19. The predicted molar refractivity (Wildman–Crippen MR) is 102 cm³/mol. The van der Waals surface area contributed by atoms with Gasteiger partial charge in [-0.3, -0.25) is 10.1 Å². The zero-order chi connectivity index (χ0) is 18.9. The molecule has 0 saturated heterocycles. The van der Waals surface area contributed by atoms with Gasteiger partial charge in [0.1, 0.15) is 6.04 Å². The van der Waals surface area contributed by atoms with Gasteiger partial charge in [-0.2, -0.15) is 0 Å². The van der Waals surface area contributed by atoms with Crippen molar-refractivity contribution in [3.05, 3.63) is 71.8 Å². The van der Waals surface area contributed by atoms with E-state index in [9.17, 15) is 9.59 Å². The monoisotopic (exact) mass is 354 g/mol. The second kappa shape index (κ2) is 9.73. The molecule has 0 fully saturated rings. The highest BCUT2D eigenvalue weighted by molar-refractivity contribution is 5.96. The molecule has 138 valence electrons. The Kier molecular flexibility index (Phi) is 7.36. The number of benzene rings is 2. The van der Waals surface area contributed by atoms with Crippen molar-refractivity contribution < 1.29 is 14.9 Å². The summed E-state index contributed by atoms with van der Waals surface area (Å²) in [4.78, 5) is 24.6. The van der Waals surface area contributed by atoms with Gasteiger partial charge in [-0.1, -0.05) is 74.5 Å². The molecule has 5 nitrogen and oxygen atoms in total. The summed E-state index contributed by atoms with van der Waals surface area (Å²) in [6.07, 6.45) is 0. The van der Waals surface area contributed by atoms with Crippen LogP contribution in [-0.4, -0.2) is 18.5 Å². The first-order chi connectivity index (χ1) is 12.5. The number of urea groups is 1. The first-order valence-electron chi connectivity index (χ1n) is 9.06. The van der Waals surface area contributed by atoms with E-state index in [0.29, 0.717) is 12.5 Å². The molecule has 26 heavy (non-hydrogen) atoms. The van der Waals surface area contributed by atoms with Crippen LogP contribution < -0.4 is 16.0 Å². The van der Waals surface area contributed by atoms with Crippen LogP contribution in [-0.2, 0) is 4.79 Å². The Morgan fingerprint density at radius 1 is 0.923 bits per heavy atom. The standard InChI is InChI=1S/C21H27N3O2/c1-4-22-21(26)24-20(25)19(17-13-9-6-10-14-17)23-18(15(2)3)16-11-7-5-8-12-16/h5-15,18-19,23H,4H2,1-3H3,(H2,22,24,25,26)/p+1/t18-,19+/m1/s1. The molecule has 0 saturated carbocycles. The topological polar surface area (TPSA) is 74.8 Å². The Bertz CT molecular complexity index is 702. The first-order valence-corrected chi connectivity index (χ1v) is 9.06. The number of amides is 3. The van der Waals surface area contributed by atoms with E-state index in [-0.39, 0.29) is 11.9 Å². The minimum absolute atomic E-state index is 0.0985. The molecule has 4 N–H and O–H groups in total. The third-order valence-electron chi connectivity index (χ3n) is 4.32. The maximum absolute atomic E-state index is 12.8. The second-order valence-electron chi connectivity index (χ2n) is 6.61. The summed E-state index contributed by atoms with van der Waals surface area (Å²) in [5.41, 5.74) is 2.03. The number of hydrogen-bond acceptors (Lipinski definition) is 2. The molecule has 0 heterocycles. The van der Waals surface area contributed by atoms with Crippen molar-refractivity contribution in [2.45, 2.75) is 32.9 Å². The second-order valence-corrected chi connectivity index (χ2v) is 6.61. The summed E-state index contributed by atoms with van der Waals surface area (Å²) in [5, 5.41) is 7.11. The van der Waals surface area contributed by atoms with Gasteiger partial charge in [0.15, 0.2) is 6.04 Å². The smallest absolute Gasteiger partial charge is 0.321 e. The maximum Gasteiger partial charge on any atom is 0.321 e. The number of rotatable bonds is 7. The molecule has 3 amide bonds. The fraction of sp³-hybridized carbons (Fsp3) is 0.333. The van der Waals surface area contributed by atoms with Crippen molar-refractivity contribution >= 4 is 11.9 Å². The molecule has 0 aliphatic rings. The Morgan fingerprint density at radius 3 is 1.96 bits per heavy atom. The zero-order valence-electron chi connectivity index (χ0n) is 15.6. The minimum atomic E-state index is -0.508. The molecule has 0 unspecified atom stereocenters. The van der Waals surface area contributed by atoms with E-state index in [2.05, 4.69) is 36.6 Å². The Morgan fingerprint density at radius 2 is 1.46 bits per heavy atom. The lowest BCUT2D eigenvalue weighted by Crippen LogP contribution is -2.89. The van der Waals surface area contributed by atoms with E-state index >= 15 is 0 Å². The van der Waals surface area contributed by atoms with Gasteiger partial charge in [-0.05, 0) is 6.92 Å². The number of carbonyl (C=O) groups excluding carboxylic acids is 2. The number of quaternary nitrogens is 1. The van der Waals surface area contributed by atoms with Crippen molar-refractivity contribution in [1.82, 2.24) is 10.6 Å². The quantitative estimate of drug-likeness (QED) is 0.715. The summed E-state index contributed by atoms with van der Waals surface area (Å²) < 4.78 is 0. The fourth-order valence-corrected chi connectivity index (χ4v) is 3.01. The minimum Gasteiger partial charge on any atom is -0.338 e. The van der Waals surface area contributed by atoms with E-state index in [1.165, 1.54) is 0 Å². The number of nitrogens with one attached hydrogen (secondary N) is 2. The lowest BCUT2D eigenvalue weighted by atomic mass is 9.94. The van der Waals surface area contributed by atoms with Crippen LogP contribution in [0.2, 0.25) is 0 Å². The van der Waals surface area contributed by atoms with Gasteiger partial charge < -0.3 is 10.6 Å². The summed E-state index contributed by atoms with van der Waals surface area (Å²) in [6.45, 7) is 6.56. The summed E-state index contributed by atoms with van der Waals surface area (Å²) in [5.74, 6) is 0.00427. The highest BCUT2D eigenvalue weighted by Gasteiger charge is 2.31. The van der Waals surface area contributed by atoms with Crippen LogP contribution in [0.1, 0.15) is 44.0 Å². The van der Waals surface area contributed by atoms with Crippen molar-refractivity contribution in [3.63, 3.8) is 0 Å². The van der Waals surface area contributed by atoms with Crippen LogP contribution in [0.25, 0.3) is 0 Å². The Hall–Kier alpha value is -2.66. The predicted octanol–water partition coefficient (Wildman–Crippen LogP) is 2.53. The molecule has 0 aliphatic carbocycles. The maximum atomic E-state index is 12.8. The van der Waals surface area contributed by atoms with Gasteiger partial charge in [0.25, 0.3) is 5.91 Å². The molecule has 2 aromatic rings. The molecular formula is C21H28N3O2+. The number of imide groups is 1. The van der Waals surface area contributed by atoms with E-state index in [0.717, 1.165) is 11.1 Å². The van der Waals surface area contributed by atoms with Crippen LogP contribution in [0.15, 0.2) is 60.7 Å². The normalized spacial score (nSPS) is 13.1. The fourth-order valence-electron chi connectivity index (χ4n) is 3.01. The van der Waals surface area contributed by atoms with Crippen LogP contribution in [0.3, 0.4) is 0 Å². The molecule has 2 aromatic carbocycles. The van der Waals surface area contributed by atoms with E-state index in [4.69, 9.17) is 0 Å².